The van der Waals surface area contributed by atoms with E-state index in [1.165, 1.54) is 11.1 Å². The normalized spacial score (nSPS) is 24.9. The quantitative estimate of drug-likeness (QED) is 0.920. The summed E-state index contributed by atoms with van der Waals surface area (Å²) in [6, 6.07) is 8.61. The summed E-state index contributed by atoms with van der Waals surface area (Å²) in [5.41, 5.74) is 2.66. The van der Waals surface area contributed by atoms with Crippen molar-refractivity contribution in [3.05, 3.63) is 35.4 Å². The molecule has 4 heteroatoms. The van der Waals surface area contributed by atoms with Gasteiger partial charge in [-0.15, -0.1) is 0 Å². The van der Waals surface area contributed by atoms with Gasteiger partial charge in [0.1, 0.15) is 0 Å². The van der Waals surface area contributed by atoms with Crippen molar-refractivity contribution in [3.63, 3.8) is 0 Å². The van der Waals surface area contributed by atoms with Crippen LogP contribution in [0.1, 0.15) is 36.9 Å². The Balaban J connectivity index is 1.53. The molecule has 1 N–H and O–H groups in total. The SMILES string of the molecule is C[C@H]1c2ccccc2CCN1C(=O)CNC[C@@H]1CCCO1. The second-order valence-corrected chi connectivity index (χ2v) is 5.98. The van der Waals surface area contributed by atoms with Crippen molar-refractivity contribution in [1.29, 1.82) is 0 Å². The first-order chi connectivity index (χ1) is 10.3. The van der Waals surface area contributed by atoms with Gasteiger partial charge in [0.15, 0.2) is 0 Å². The van der Waals surface area contributed by atoms with E-state index in [1.807, 2.05) is 4.90 Å². The van der Waals surface area contributed by atoms with Crippen LogP contribution in [-0.4, -0.2) is 43.2 Å². The Labute approximate surface area is 126 Å². The molecule has 2 heterocycles. The maximum atomic E-state index is 12.4. The summed E-state index contributed by atoms with van der Waals surface area (Å²) in [5, 5.41) is 3.25. The molecule has 0 unspecified atom stereocenters. The van der Waals surface area contributed by atoms with E-state index in [0.29, 0.717) is 6.54 Å². The molecule has 2 atom stereocenters. The molecule has 0 aliphatic carbocycles. The molecule has 3 rings (SSSR count). The van der Waals surface area contributed by atoms with E-state index < -0.39 is 0 Å². The Morgan fingerprint density at radius 1 is 1.43 bits per heavy atom. The fourth-order valence-corrected chi connectivity index (χ4v) is 3.36. The minimum atomic E-state index is 0.173. The van der Waals surface area contributed by atoms with Gasteiger partial charge in [0.05, 0.1) is 18.7 Å². The van der Waals surface area contributed by atoms with Crippen molar-refractivity contribution < 1.29 is 9.53 Å². The van der Waals surface area contributed by atoms with Gasteiger partial charge in [-0.1, -0.05) is 24.3 Å². The van der Waals surface area contributed by atoms with Gasteiger partial charge in [0.2, 0.25) is 5.91 Å². The van der Waals surface area contributed by atoms with Crippen molar-refractivity contribution >= 4 is 5.91 Å². The lowest BCUT2D eigenvalue weighted by Crippen LogP contribution is -2.44. The molecule has 1 amide bonds. The minimum Gasteiger partial charge on any atom is -0.377 e. The van der Waals surface area contributed by atoms with Crippen molar-refractivity contribution in [2.45, 2.75) is 38.3 Å². The second kappa shape index (κ2) is 6.58. The average molecular weight is 288 g/mol. The van der Waals surface area contributed by atoms with E-state index >= 15 is 0 Å². The summed E-state index contributed by atoms with van der Waals surface area (Å²) in [6.07, 6.45) is 3.49. The highest BCUT2D eigenvalue weighted by Gasteiger charge is 2.27. The van der Waals surface area contributed by atoms with E-state index in [0.717, 1.165) is 39.0 Å². The van der Waals surface area contributed by atoms with Crippen LogP contribution < -0.4 is 5.32 Å². The Kier molecular flexibility index (Phi) is 4.56. The zero-order chi connectivity index (χ0) is 14.7. The van der Waals surface area contributed by atoms with E-state index in [1.54, 1.807) is 0 Å². The van der Waals surface area contributed by atoms with Crippen LogP contribution in [0.4, 0.5) is 0 Å². The topological polar surface area (TPSA) is 41.6 Å². The summed E-state index contributed by atoms with van der Waals surface area (Å²) in [6.45, 7) is 4.99. The number of nitrogens with one attached hydrogen (secondary N) is 1. The molecule has 1 fully saturated rings. The average Bonchev–Trinajstić information content (AvgIpc) is 3.01. The van der Waals surface area contributed by atoms with Crippen LogP contribution in [0.5, 0.6) is 0 Å². The number of rotatable bonds is 4. The van der Waals surface area contributed by atoms with Gasteiger partial charge < -0.3 is 15.0 Å². The molecule has 0 spiro atoms. The zero-order valence-electron chi connectivity index (χ0n) is 12.7. The number of carbonyl (C=O) groups excluding carboxylic acids is 1. The number of benzene rings is 1. The van der Waals surface area contributed by atoms with Crippen LogP contribution >= 0.6 is 0 Å². The number of hydrogen-bond acceptors (Lipinski definition) is 3. The van der Waals surface area contributed by atoms with Gasteiger partial charge >= 0.3 is 0 Å². The van der Waals surface area contributed by atoms with E-state index in [4.69, 9.17) is 4.74 Å². The standard InChI is InChI=1S/C17H24N2O2/c1-13-16-7-3-2-5-14(16)8-9-19(13)17(20)12-18-11-15-6-4-10-21-15/h2-3,5,7,13,15,18H,4,6,8-12H2,1H3/t13-,15-/m0/s1. The van der Waals surface area contributed by atoms with Gasteiger partial charge in [0, 0.05) is 19.7 Å². The summed E-state index contributed by atoms with van der Waals surface area (Å²) in [4.78, 5) is 14.4. The highest BCUT2D eigenvalue weighted by atomic mass is 16.5. The number of hydrogen-bond donors (Lipinski definition) is 1. The van der Waals surface area contributed by atoms with Gasteiger partial charge in [-0.3, -0.25) is 4.79 Å². The van der Waals surface area contributed by atoms with Gasteiger partial charge in [-0.2, -0.15) is 0 Å². The minimum absolute atomic E-state index is 0.173. The van der Waals surface area contributed by atoms with E-state index in [2.05, 4.69) is 36.5 Å². The Morgan fingerprint density at radius 2 is 2.29 bits per heavy atom. The lowest BCUT2D eigenvalue weighted by atomic mass is 9.93. The first-order valence-electron chi connectivity index (χ1n) is 7.95. The molecular formula is C17H24N2O2. The van der Waals surface area contributed by atoms with Crippen LogP contribution in [0.3, 0.4) is 0 Å². The molecule has 0 bridgehead atoms. The first-order valence-corrected chi connectivity index (χ1v) is 7.95. The summed E-state index contributed by atoms with van der Waals surface area (Å²) in [7, 11) is 0. The Morgan fingerprint density at radius 3 is 3.10 bits per heavy atom. The molecule has 1 aromatic rings. The molecule has 114 valence electrons. The third-order valence-corrected chi connectivity index (χ3v) is 4.59. The molecule has 4 nitrogen and oxygen atoms in total. The smallest absolute Gasteiger partial charge is 0.237 e. The zero-order valence-corrected chi connectivity index (χ0v) is 12.7. The highest BCUT2D eigenvalue weighted by Crippen LogP contribution is 2.28. The molecule has 0 radical (unpaired) electrons. The third-order valence-electron chi connectivity index (χ3n) is 4.59. The molecule has 21 heavy (non-hydrogen) atoms. The molecule has 2 aliphatic rings. The van der Waals surface area contributed by atoms with Crippen LogP contribution in [0.2, 0.25) is 0 Å². The lowest BCUT2D eigenvalue weighted by molar-refractivity contribution is -0.132. The maximum Gasteiger partial charge on any atom is 0.237 e. The van der Waals surface area contributed by atoms with Crippen LogP contribution in [0.15, 0.2) is 24.3 Å². The summed E-state index contributed by atoms with van der Waals surface area (Å²) < 4.78 is 5.56. The number of nitrogens with zero attached hydrogens (tertiary/aromatic N) is 1. The molecule has 2 aliphatic heterocycles. The van der Waals surface area contributed by atoms with E-state index in [9.17, 15) is 4.79 Å². The summed E-state index contributed by atoms with van der Waals surface area (Å²) >= 11 is 0. The van der Waals surface area contributed by atoms with Crippen LogP contribution in [0.25, 0.3) is 0 Å². The predicted octanol–water partition coefficient (Wildman–Crippen LogP) is 1.90. The number of amides is 1. The van der Waals surface area contributed by atoms with Crippen molar-refractivity contribution in [2.24, 2.45) is 0 Å². The van der Waals surface area contributed by atoms with Gasteiger partial charge in [-0.25, -0.2) is 0 Å². The predicted molar refractivity (Wildman–Crippen MR) is 82.1 cm³/mol. The lowest BCUT2D eigenvalue weighted by Gasteiger charge is -2.35. The van der Waals surface area contributed by atoms with Crippen molar-refractivity contribution in [1.82, 2.24) is 10.2 Å². The monoisotopic (exact) mass is 288 g/mol. The van der Waals surface area contributed by atoms with Crippen molar-refractivity contribution in [2.75, 3.05) is 26.2 Å². The highest BCUT2D eigenvalue weighted by molar-refractivity contribution is 5.79. The largest absolute Gasteiger partial charge is 0.377 e. The summed E-state index contributed by atoms with van der Waals surface area (Å²) in [5.74, 6) is 0.190. The number of fused-ring (bicyclic) bond motifs is 1. The Bertz CT molecular complexity index is 497. The third kappa shape index (κ3) is 3.27. The molecule has 1 saturated heterocycles. The maximum absolute atomic E-state index is 12.4. The van der Waals surface area contributed by atoms with Gasteiger partial charge in [0.25, 0.3) is 0 Å². The van der Waals surface area contributed by atoms with Crippen LogP contribution in [-0.2, 0) is 16.0 Å². The molecule has 0 saturated carbocycles. The van der Waals surface area contributed by atoms with Crippen molar-refractivity contribution in [3.8, 4) is 0 Å². The fraction of sp³-hybridized carbons (Fsp3) is 0.588. The Hall–Kier alpha value is -1.39. The second-order valence-electron chi connectivity index (χ2n) is 5.98. The fourth-order valence-electron chi connectivity index (χ4n) is 3.36. The molecular weight excluding hydrogens is 264 g/mol. The molecule has 0 aromatic heterocycles. The number of carbonyl (C=O) groups is 1. The first kappa shape index (κ1) is 14.5. The molecule has 1 aromatic carbocycles. The van der Waals surface area contributed by atoms with Gasteiger partial charge in [-0.05, 0) is 37.3 Å². The van der Waals surface area contributed by atoms with E-state index in [-0.39, 0.29) is 18.1 Å². The number of ether oxygens (including phenoxy) is 1. The van der Waals surface area contributed by atoms with Crippen LogP contribution in [0, 0.1) is 0 Å².